The number of carbonyl (C=O) groups excluding carboxylic acids is 2. The van der Waals surface area contributed by atoms with Crippen molar-refractivity contribution in [1.82, 2.24) is 20.2 Å². The lowest BCUT2D eigenvalue weighted by molar-refractivity contribution is 0.0599. The van der Waals surface area contributed by atoms with E-state index in [0.717, 1.165) is 59.1 Å². The van der Waals surface area contributed by atoms with E-state index in [9.17, 15) is 24.3 Å². The van der Waals surface area contributed by atoms with E-state index in [0.29, 0.717) is 70.6 Å². The molecule has 71 heavy (non-hydrogen) atoms. The molecule has 6 aromatic carbocycles. The van der Waals surface area contributed by atoms with Crippen LogP contribution in [0.25, 0.3) is 65.9 Å². The summed E-state index contributed by atoms with van der Waals surface area (Å²) < 4.78 is 4.97. The van der Waals surface area contributed by atoms with Crippen molar-refractivity contribution in [2.24, 2.45) is 0 Å². The Morgan fingerprint density at radius 2 is 1.01 bits per heavy atom. The van der Waals surface area contributed by atoms with Crippen molar-refractivity contribution in [3.05, 3.63) is 174 Å². The number of hydrogen-bond donors (Lipinski definition) is 3. The van der Waals surface area contributed by atoms with Crippen LogP contribution in [0.1, 0.15) is 61.7 Å². The van der Waals surface area contributed by atoms with Crippen LogP contribution in [-0.4, -0.2) is 82.2 Å². The van der Waals surface area contributed by atoms with Crippen LogP contribution in [-0.2, 0) is 4.74 Å². The fourth-order valence-corrected chi connectivity index (χ4v) is 9.69. The molecule has 0 bridgehead atoms. The minimum absolute atomic E-state index is 0.142. The van der Waals surface area contributed by atoms with Crippen LogP contribution >= 0.6 is 69.1 Å². The number of carboxylic acid groups (broad SMARTS) is 2. The minimum Gasteiger partial charge on any atom is -0.478 e. The van der Waals surface area contributed by atoms with Gasteiger partial charge in [-0.1, -0.05) is 121 Å². The number of hydrogen-bond acceptors (Lipinski definition) is 10. The summed E-state index contributed by atoms with van der Waals surface area (Å²) in [5.74, 6) is -2.69. The molecule has 17 heteroatoms. The van der Waals surface area contributed by atoms with Gasteiger partial charge >= 0.3 is 17.9 Å². The first-order valence-corrected chi connectivity index (χ1v) is 25.3. The maximum absolute atomic E-state index is 12.6. The van der Waals surface area contributed by atoms with E-state index in [1.807, 2.05) is 35.0 Å². The predicted octanol–water partition coefficient (Wildman–Crippen LogP) is 14.5. The maximum Gasteiger partial charge on any atom is 0.338 e. The van der Waals surface area contributed by atoms with E-state index in [-0.39, 0.29) is 17.0 Å². The number of benzene rings is 6. The van der Waals surface area contributed by atoms with Crippen LogP contribution in [0, 0.1) is 0 Å². The predicted molar refractivity (Wildman–Crippen MR) is 287 cm³/mol. The van der Waals surface area contributed by atoms with Crippen LogP contribution in [0.4, 0.5) is 0 Å². The lowest BCUT2D eigenvalue weighted by Crippen LogP contribution is -2.29. The molecule has 0 unspecified atom stereocenters. The Kier molecular flexibility index (Phi) is 17.8. The number of aromatic carboxylic acids is 2. The molecular weight excluding hydrogens is 1020 g/mol. The Morgan fingerprint density at radius 3 is 1.46 bits per heavy atom. The molecule has 11 nitrogen and oxygen atoms in total. The van der Waals surface area contributed by atoms with Crippen LogP contribution in [0.2, 0.25) is 20.1 Å². The van der Waals surface area contributed by atoms with Gasteiger partial charge in [-0.3, -0.25) is 4.79 Å². The van der Waals surface area contributed by atoms with Gasteiger partial charge in [0.15, 0.2) is 0 Å². The van der Waals surface area contributed by atoms with Gasteiger partial charge in [0.1, 0.15) is 10.0 Å². The summed E-state index contributed by atoms with van der Waals surface area (Å²) in [6, 6.07) is 34.6. The Hall–Kier alpha value is -6.42. The van der Waals surface area contributed by atoms with Crippen LogP contribution in [0.3, 0.4) is 0 Å². The molecule has 0 fully saturated rings. The third kappa shape index (κ3) is 12.9. The van der Waals surface area contributed by atoms with E-state index in [4.69, 9.17) is 56.2 Å². The minimum atomic E-state index is -1.04. The third-order valence-corrected chi connectivity index (χ3v) is 14.6. The molecule has 0 atom stereocenters. The van der Waals surface area contributed by atoms with Crippen molar-refractivity contribution in [2.45, 2.75) is 20.3 Å². The zero-order valence-corrected chi connectivity index (χ0v) is 43.0. The molecule has 0 saturated heterocycles. The molecule has 0 aliphatic heterocycles. The van der Waals surface area contributed by atoms with Gasteiger partial charge in [-0.15, -0.1) is 22.7 Å². The Balaban J connectivity index is 0.000000213. The van der Waals surface area contributed by atoms with E-state index in [2.05, 4.69) is 34.0 Å². The van der Waals surface area contributed by atoms with E-state index in [1.54, 1.807) is 84.9 Å². The quantitative estimate of drug-likeness (QED) is 0.0628. The van der Waals surface area contributed by atoms with E-state index >= 15 is 0 Å². The second-order valence-electron chi connectivity index (χ2n) is 15.7. The Bertz CT molecular complexity index is 3230. The second kappa shape index (κ2) is 24.1. The number of nitrogens with one attached hydrogen (secondary N) is 1. The van der Waals surface area contributed by atoms with Crippen molar-refractivity contribution in [2.75, 3.05) is 33.3 Å². The van der Waals surface area contributed by atoms with Crippen LogP contribution < -0.4 is 5.32 Å². The van der Waals surface area contributed by atoms with Crippen molar-refractivity contribution < 1.29 is 34.1 Å². The first-order valence-electron chi connectivity index (χ1n) is 22.0. The highest BCUT2D eigenvalue weighted by atomic mass is 35.5. The van der Waals surface area contributed by atoms with Crippen molar-refractivity contribution in [3.63, 3.8) is 0 Å². The zero-order valence-electron chi connectivity index (χ0n) is 38.3. The van der Waals surface area contributed by atoms with Crippen molar-refractivity contribution in [1.29, 1.82) is 0 Å². The molecular formula is C54H44Cl4N4O7S2. The van der Waals surface area contributed by atoms with Gasteiger partial charge < -0.3 is 25.2 Å². The highest BCUT2D eigenvalue weighted by Crippen LogP contribution is 2.37. The van der Waals surface area contributed by atoms with Gasteiger partial charge in [-0.05, 0) is 109 Å². The highest BCUT2D eigenvalue weighted by molar-refractivity contribution is 7.13. The molecule has 2 aromatic heterocycles. The number of halogens is 4. The summed E-state index contributed by atoms with van der Waals surface area (Å²) in [5.41, 5.74) is 8.46. The molecule has 1 amide bonds. The number of amides is 1. The summed E-state index contributed by atoms with van der Waals surface area (Å²) in [6.45, 7) is 7.79. The van der Waals surface area contributed by atoms with Crippen LogP contribution in [0.15, 0.2) is 132 Å². The standard InChI is InChI=1S/C30H29Cl2N3O3S.C24H15Cl2NO4S/c1-3-35(4-2)15-5-14-33-28(36)20-8-6-19(7-9-20)23-12-10-22(16-24(23)30(37)38)29-34-27(18-39-29)21-11-13-25(31)26(32)17-21;1-31-24(30)18-10-16(6-8-17(18)13-2-4-14(5-3-13)23(28)29)22-27-21(12-32-22)15-7-9-19(25)20(26)11-15/h6-13,16-18H,3-5,14-15H2,1-2H3,(H,33,36)(H,37,38);2-12H,1H3,(H,28,29). The van der Waals surface area contributed by atoms with Gasteiger partial charge in [-0.2, -0.15) is 0 Å². The molecule has 362 valence electrons. The number of carboxylic acids is 2. The van der Waals surface area contributed by atoms with Gasteiger partial charge in [0.25, 0.3) is 5.91 Å². The molecule has 3 N–H and O–H groups in total. The normalized spacial score (nSPS) is 10.9. The van der Waals surface area contributed by atoms with Crippen molar-refractivity contribution in [3.8, 4) is 65.9 Å². The number of thiazole rings is 2. The summed E-state index contributed by atoms with van der Waals surface area (Å²) >= 11 is 27.1. The molecule has 8 rings (SSSR count). The first kappa shape index (κ1) is 52.4. The summed E-state index contributed by atoms with van der Waals surface area (Å²) in [6.07, 6.45) is 0.883. The molecule has 0 aliphatic carbocycles. The van der Waals surface area contributed by atoms with Gasteiger partial charge in [0.05, 0.1) is 55.3 Å². The van der Waals surface area contributed by atoms with Gasteiger partial charge in [0.2, 0.25) is 0 Å². The molecule has 0 aliphatic rings. The fraction of sp³-hybridized carbons (Fsp3) is 0.148. The second-order valence-corrected chi connectivity index (χ2v) is 19.1. The molecule has 0 radical (unpaired) electrons. The molecule has 8 aromatic rings. The maximum atomic E-state index is 12.6. The monoisotopic (exact) mass is 1060 g/mol. The fourth-order valence-electron chi connectivity index (χ4n) is 7.44. The Labute approximate surface area is 438 Å². The van der Waals surface area contributed by atoms with Crippen molar-refractivity contribution >= 4 is 92.9 Å². The topological polar surface area (TPSA) is 159 Å². The SMILES string of the molecule is CCN(CC)CCCNC(=O)c1ccc(-c2ccc(-c3nc(-c4ccc(Cl)c(Cl)c4)cs3)cc2C(=O)O)cc1.COC(=O)c1cc(-c2nc(-c3ccc(Cl)c(Cl)c3)cs2)ccc1-c1ccc(C(=O)O)cc1. The summed E-state index contributed by atoms with van der Waals surface area (Å²) in [5, 5.41) is 29.1. The number of ether oxygens (including phenoxy) is 1. The number of nitrogens with zero attached hydrogens (tertiary/aromatic N) is 3. The molecule has 2 heterocycles. The third-order valence-electron chi connectivity index (χ3n) is 11.3. The molecule has 0 spiro atoms. The van der Waals surface area contributed by atoms with Gasteiger partial charge in [-0.25, -0.2) is 24.4 Å². The average molecular weight is 1070 g/mol. The Morgan fingerprint density at radius 1 is 0.563 bits per heavy atom. The number of rotatable bonds is 16. The summed E-state index contributed by atoms with van der Waals surface area (Å²) in [4.78, 5) is 60.0. The van der Waals surface area contributed by atoms with E-state index < -0.39 is 17.9 Å². The number of methoxy groups -OCH3 is 1. The lowest BCUT2D eigenvalue weighted by Gasteiger charge is -2.17. The largest absolute Gasteiger partial charge is 0.478 e. The van der Waals surface area contributed by atoms with Crippen LogP contribution in [0.5, 0.6) is 0 Å². The van der Waals surface area contributed by atoms with E-state index in [1.165, 1.54) is 41.9 Å². The lowest BCUT2D eigenvalue weighted by atomic mass is 9.96. The smallest absolute Gasteiger partial charge is 0.338 e. The molecule has 0 saturated carbocycles. The first-order chi connectivity index (χ1) is 34.2. The highest BCUT2D eigenvalue weighted by Gasteiger charge is 2.19. The number of aromatic nitrogens is 2. The summed E-state index contributed by atoms with van der Waals surface area (Å²) in [7, 11) is 1.32. The van der Waals surface area contributed by atoms with Gasteiger partial charge in [0, 0.05) is 45.1 Å². The average Bonchev–Trinajstić information content (AvgIpc) is 4.10. The number of carbonyl (C=O) groups is 4. The zero-order chi connectivity index (χ0) is 50.8. The number of esters is 1.